The first-order chi connectivity index (χ1) is 7.79. The van der Waals surface area contributed by atoms with Crippen molar-refractivity contribution in [2.24, 2.45) is 5.92 Å². The molecule has 0 bridgehead atoms. The molecule has 1 aromatic carbocycles. The Balaban J connectivity index is 1.85. The molecule has 16 heavy (non-hydrogen) atoms. The molecule has 0 heterocycles. The maximum absolute atomic E-state index is 8.95. The lowest BCUT2D eigenvalue weighted by Gasteiger charge is -2.07. The highest BCUT2D eigenvalue weighted by Gasteiger charge is 2.19. The van der Waals surface area contributed by atoms with Crippen LogP contribution >= 0.6 is 11.6 Å². The Hall–Kier alpha value is -1.20. The summed E-state index contributed by atoms with van der Waals surface area (Å²) in [6, 6.07) is 7.53. The molecule has 2 nitrogen and oxygen atoms in total. The molecule has 1 aliphatic rings. The summed E-state index contributed by atoms with van der Waals surface area (Å²) in [6.45, 7) is 0.937. The summed E-state index contributed by atoms with van der Waals surface area (Å²) in [6.07, 6.45) is 5.30. The van der Waals surface area contributed by atoms with Gasteiger partial charge in [0.15, 0.2) is 0 Å². The van der Waals surface area contributed by atoms with Gasteiger partial charge in [0.25, 0.3) is 0 Å². The number of benzene rings is 1. The molecule has 1 saturated carbocycles. The van der Waals surface area contributed by atoms with Gasteiger partial charge in [0.2, 0.25) is 0 Å². The largest absolute Gasteiger partial charge is 0.384 e. The smallest absolute Gasteiger partial charge is 0.101 e. The van der Waals surface area contributed by atoms with Crippen LogP contribution in [-0.2, 0) is 0 Å². The molecule has 1 fully saturated rings. The summed E-state index contributed by atoms with van der Waals surface area (Å²) in [5.74, 6) is 0.974. The summed E-state index contributed by atoms with van der Waals surface area (Å²) in [7, 11) is 0. The highest BCUT2D eigenvalue weighted by Crippen LogP contribution is 2.33. The van der Waals surface area contributed by atoms with Gasteiger partial charge in [0, 0.05) is 11.6 Å². The second kappa shape index (κ2) is 5.23. The molecule has 0 radical (unpaired) electrons. The molecule has 2 rings (SSSR count). The van der Waals surface area contributed by atoms with Crippen LogP contribution in [0.5, 0.6) is 0 Å². The number of nitrogens with zero attached hydrogens (tertiary/aromatic N) is 1. The fourth-order valence-electron chi connectivity index (χ4n) is 1.78. The van der Waals surface area contributed by atoms with E-state index in [4.69, 9.17) is 16.9 Å². The lowest BCUT2D eigenvalue weighted by atomic mass is 10.2. The first-order valence-electron chi connectivity index (χ1n) is 5.73. The minimum Gasteiger partial charge on any atom is -0.384 e. The molecule has 1 aromatic rings. The van der Waals surface area contributed by atoms with Crippen molar-refractivity contribution < 1.29 is 0 Å². The summed E-state index contributed by atoms with van der Waals surface area (Å²) in [5, 5.41) is 12.9. The molecule has 84 valence electrons. The zero-order chi connectivity index (χ0) is 11.4. The van der Waals surface area contributed by atoms with Gasteiger partial charge in [-0.25, -0.2) is 0 Å². The van der Waals surface area contributed by atoms with Crippen LogP contribution in [0.2, 0.25) is 5.02 Å². The SMILES string of the molecule is N#Cc1cc(Cl)ccc1NCCCC1CC1. The normalized spacial score (nSPS) is 14.5. The predicted molar refractivity (Wildman–Crippen MR) is 66.6 cm³/mol. The molecule has 0 aliphatic heterocycles. The number of nitrogens with one attached hydrogen (secondary N) is 1. The molecule has 0 amide bonds. The van der Waals surface area contributed by atoms with Crippen LogP contribution in [0.25, 0.3) is 0 Å². The first-order valence-corrected chi connectivity index (χ1v) is 6.11. The molecule has 0 unspecified atom stereocenters. The Morgan fingerprint density at radius 1 is 1.44 bits per heavy atom. The van der Waals surface area contributed by atoms with E-state index in [0.29, 0.717) is 10.6 Å². The highest BCUT2D eigenvalue weighted by molar-refractivity contribution is 6.30. The fourth-order valence-corrected chi connectivity index (χ4v) is 1.96. The third-order valence-electron chi connectivity index (χ3n) is 2.90. The summed E-state index contributed by atoms with van der Waals surface area (Å²) >= 11 is 5.83. The number of nitriles is 1. The molecule has 0 aromatic heterocycles. The van der Waals surface area contributed by atoms with Gasteiger partial charge >= 0.3 is 0 Å². The van der Waals surface area contributed by atoms with Crippen LogP contribution in [0.15, 0.2) is 18.2 Å². The van der Waals surface area contributed by atoms with E-state index in [1.807, 2.05) is 12.1 Å². The quantitative estimate of drug-likeness (QED) is 0.787. The first kappa shape index (κ1) is 11.3. The van der Waals surface area contributed by atoms with Gasteiger partial charge in [-0.2, -0.15) is 5.26 Å². The molecule has 1 N–H and O–H groups in total. The van der Waals surface area contributed by atoms with E-state index < -0.39 is 0 Å². The van der Waals surface area contributed by atoms with Gasteiger partial charge in [0.05, 0.1) is 11.3 Å². The standard InChI is InChI=1S/C13H15ClN2/c14-12-5-6-13(11(8-12)9-15)16-7-1-2-10-3-4-10/h5-6,8,10,16H,1-4,7H2. The molecule has 0 saturated heterocycles. The van der Waals surface area contributed by atoms with Crippen LogP contribution in [0.1, 0.15) is 31.2 Å². The lowest BCUT2D eigenvalue weighted by molar-refractivity contribution is 0.687. The second-order valence-corrected chi connectivity index (χ2v) is 4.75. The monoisotopic (exact) mass is 234 g/mol. The highest BCUT2D eigenvalue weighted by atomic mass is 35.5. The molecule has 1 aliphatic carbocycles. The van der Waals surface area contributed by atoms with Crippen molar-refractivity contribution in [3.05, 3.63) is 28.8 Å². The van der Waals surface area contributed by atoms with Crippen LogP contribution in [-0.4, -0.2) is 6.54 Å². The minimum absolute atomic E-state index is 0.611. The van der Waals surface area contributed by atoms with Crippen LogP contribution in [0.4, 0.5) is 5.69 Å². The maximum Gasteiger partial charge on any atom is 0.101 e. The topological polar surface area (TPSA) is 35.8 Å². The fraction of sp³-hybridized carbons (Fsp3) is 0.462. The van der Waals surface area contributed by atoms with Gasteiger partial charge in [-0.3, -0.25) is 0 Å². The molecular formula is C13H15ClN2. The summed E-state index contributed by atoms with van der Waals surface area (Å²) in [5.41, 5.74) is 1.52. The Morgan fingerprint density at radius 3 is 2.94 bits per heavy atom. The van der Waals surface area contributed by atoms with Crippen molar-refractivity contribution >= 4 is 17.3 Å². The van der Waals surface area contributed by atoms with E-state index in [0.717, 1.165) is 18.2 Å². The van der Waals surface area contributed by atoms with Gasteiger partial charge in [0.1, 0.15) is 6.07 Å². The van der Waals surface area contributed by atoms with E-state index in [1.54, 1.807) is 6.07 Å². The molecular weight excluding hydrogens is 220 g/mol. The average Bonchev–Trinajstić information content (AvgIpc) is 3.09. The van der Waals surface area contributed by atoms with E-state index in [2.05, 4.69) is 11.4 Å². The molecule has 0 spiro atoms. The van der Waals surface area contributed by atoms with Gasteiger partial charge in [-0.1, -0.05) is 24.4 Å². The number of rotatable bonds is 5. The summed E-state index contributed by atoms with van der Waals surface area (Å²) < 4.78 is 0. The van der Waals surface area contributed by atoms with Gasteiger partial charge in [-0.05, 0) is 37.0 Å². The predicted octanol–water partition coefficient (Wildman–Crippen LogP) is 3.81. The molecule has 3 heteroatoms. The number of hydrogen-bond acceptors (Lipinski definition) is 2. The van der Waals surface area contributed by atoms with E-state index in [1.165, 1.54) is 25.7 Å². The summed E-state index contributed by atoms with van der Waals surface area (Å²) in [4.78, 5) is 0. The van der Waals surface area contributed by atoms with Crippen LogP contribution in [0, 0.1) is 17.2 Å². The van der Waals surface area contributed by atoms with Crippen molar-refractivity contribution in [2.45, 2.75) is 25.7 Å². The van der Waals surface area contributed by atoms with Crippen molar-refractivity contribution in [3.63, 3.8) is 0 Å². The maximum atomic E-state index is 8.95. The minimum atomic E-state index is 0.611. The Bertz CT molecular complexity index is 405. The Morgan fingerprint density at radius 2 is 2.25 bits per heavy atom. The number of anilines is 1. The molecule has 0 atom stereocenters. The second-order valence-electron chi connectivity index (χ2n) is 4.31. The van der Waals surface area contributed by atoms with Gasteiger partial charge < -0.3 is 5.32 Å². The van der Waals surface area contributed by atoms with Crippen molar-refractivity contribution in [2.75, 3.05) is 11.9 Å². The zero-order valence-electron chi connectivity index (χ0n) is 9.17. The van der Waals surface area contributed by atoms with Crippen LogP contribution < -0.4 is 5.32 Å². The van der Waals surface area contributed by atoms with Crippen LogP contribution in [0.3, 0.4) is 0 Å². The zero-order valence-corrected chi connectivity index (χ0v) is 9.93. The van der Waals surface area contributed by atoms with E-state index in [9.17, 15) is 0 Å². The van der Waals surface area contributed by atoms with Crippen molar-refractivity contribution in [1.82, 2.24) is 0 Å². The van der Waals surface area contributed by atoms with E-state index >= 15 is 0 Å². The Labute approximate surface area is 101 Å². The lowest BCUT2D eigenvalue weighted by Crippen LogP contribution is -2.03. The van der Waals surface area contributed by atoms with Gasteiger partial charge in [-0.15, -0.1) is 0 Å². The Kier molecular flexibility index (Phi) is 3.69. The average molecular weight is 235 g/mol. The van der Waals surface area contributed by atoms with Crippen molar-refractivity contribution in [1.29, 1.82) is 5.26 Å². The third kappa shape index (κ3) is 3.15. The van der Waals surface area contributed by atoms with Crippen molar-refractivity contribution in [3.8, 4) is 6.07 Å². The van der Waals surface area contributed by atoms with E-state index in [-0.39, 0.29) is 0 Å². The third-order valence-corrected chi connectivity index (χ3v) is 3.14. The number of hydrogen-bond donors (Lipinski definition) is 1. The number of halogens is 1.